The van der Waals surface area contributed by atoms with E-state index in [9.17, 15) is 13.2 Å². The molecule has 8 heteroatoms. The van der Waals surface area contributed by atoms with Crippen LogP contribution in [-0.4, -0.2) is 30.5 Å². The largest absolute Gasteiger partial charge is 0.480 e. The Bertz CT molecular complexity index is 581. The zero-order valence-electron chi connectivity index (χ0n) is 10.7. The van der Waals surface area contributed by atoms with E-state index in [1.54, 1.807) is 20.8 Å². The van der Waals surface area contributed by atoms with Gasteiger partial charge in [-0.2, -0.15) is 4.72 Å². The van der Waals surface area contributed by atoms with Gasteiger partial charge in [-0.15, -0.1) is 0 Å². The highest BCUT2D eigenvalue weighted by Crippen LogP contribution is 2.23. The molecule has 0 amide bonds. The van der Waals surface area contributed by atoms with Crippen molar-refractivity contribution in [1.82, 2.24) is 9.71 Å². The van der Waals surface area contributed by atoms with Crippen molar-refractivity contribution >= 4 is 27.6 Å². The van der Waals surface area contributed by atoms with Crippen LogP contribution >= 0.6 is 11.6 Å². The Hall–Kier alpha value is -1.18. The van der Waals surface area contributed by atoms with Crippen LogP contribution < -0.4 is 4.72 Å². The molecule has 1 rings (SSSR count). The average molecular weight is 307 g/mol. The third-order valence-corrected chi connectivity index (χ3v) is 4.27. The topological polar surface area (TPSA) is 96.4 Å². The molecule has 1 atom stereocenters. The number of carboxylic acid groups (broad SMARTS) is 1. The van der Waals surface area contributed by atoms with Crippen LogP contribution in [0.4, 0.5) is 0 Å². The van der Waals surface area contributed by atoms with Gasteiger partial charge in [-0.1, -0.05) is 32.4 Å². The van der Waals surface area contributed by atoms with Crippen LogP contribution in [0.15, 0.2) is 23.2 Å². The van der Waals surface area contributed by atoms with Gasteiger partial charge in [0.1, 0.15) is 16.1 Å². The van der Waals surface area contributed by atoms with Gasteiger partial charge < -0.3 is 5.11 Å². The van der Waals surface area contributed by atoms with E-state index in [0.717, 1.165) is 0 Å². The SMILES string of the molecule is CC(C)(C)C(NS(=O)(=O)c1cccnc1Cl)C(=O)O. The van der Waals surface area contributed by atoms with Crippen molar-refractivity contribution in [1.29, 1.82) is 0 Å². The minimum absolute atomic E-state index is 0.201. The summed E-state index contributed by atoms with van der Waals surface area (Å²) in [6, 6.07) is 1.40. The number of aliphatic carboxylic acids is 1. The summed E-state index contributed by atoms with van der Waals surface area (Å²) in [5, 5.41) is 8.91. The molecular weight excluding hydrogens is 292 g/mol. The Morgan fingerprint density at radius 3 is 2.47 bits per heavy atom. The number of sulfonamides is 1. The van der Waals surface area contributed by atoms with Crippen molar-refractivity contribution in [3.63, 3.8) is 0 Å². The predicted octanol–water partition coefficient (Wildman–Crippen LogP) is 1.51. The standard InChI is InChI=1S/C11H15ClN2O4S/c1-11(2,3)8(10(15)16)14-19(17,18)7-5-4-6-13-9(7)12/h4-6,8,14H,1-3H3,(H,15,16). The number of hydrogen-bond donors (Lipinski definition) is 2. The van der Waals surface area contributed by atoms with E-state index >= 15 is 0 Å². The average Bonchev–Trinajstić information content (AvgIpc) is 2.24. The Balaban J connectivity index is 3.16. The van der Waals surface area contributed by atoms with Crippen LogP contribution in [-0.2, 0) is 14.8 Å². The number of aromatic nitrogens is 1. The summed E-state index contributed by atoms with van der Waals surface area (Å²) in [5.74, 6) is -1.25. The molecule has 2 N–H and O–H groups in total. The Kier molecular flexibility index (Phi) is 4.54. The van der Waals surface area contributed by atoms with Crippen LogP contribution in [0, 0.1) is 5.41 Å². The minimum Gasteiger partial charge on any atom is -0.480 e. The first kappa shape index (κ1) is 15.9. The summed E-state index contributed by atoms with van der Waals surface area (Å²) >= 11 is 5.71. The Morgan fingerprint density at radius 2 is 2.05 bits per heavy atom. The fourth-order valence-electron chi connectivity index (χ4n) is 1.39. The van der Waals surface area contributed by atoms with Gasteiger partial charge in [-0.3, -0.25) is 4.79 Å². The maximum atomic E-state index is 12.1. The number of carbonyl (C=O) groups is 1. The predicted molar refractivity (Wildman–Crippen MR) is 70.4 cm³/mol. The zero-order chi connectivity index (χ0) is 14.8. The van der Waals surface area contributed by atoms with Crippen LogP contribution in [0.25, 0.3) is 0 Å². The molecule has 0 aliphatic carbocycles. The van der Waals surface area contributed by atoms with Crippen LogP contribution in [0.5, 0.6) is 0 Å². The van der Waals surface area contributed by atoms with Crippen LogP contribution in [0.2, 0.25) is 5.15 Å². The second kappa shape index (κ2) is 5.44. The summed E-state index contributed by atoms with van der Waals surface area (Å²) in [4.78, 5) is 14.6. The maximum Gasteiger partial charge on any atom is 0.322 e. The third-order valence-electron chi connectivity index (χ3n) is 2.40. The summed E-state index contributed by atoms with van der Waals surface area (Å²) in [6.07, 6.45) is 1.35. The smallest absolute Gasteiger partial charge is 0.322 e. The third kappa shape index (κ3) is 3.89. The van der Waals surface area contributed by atoms with Crippen LogP contribution in [0.3, 0.4) is 0 Å². The van der Waals surface area contributed by atoms with Crippen molar-refractivity contribution in [2.45, 2.75) is 31.7 Å². The molecule has 0 fully saturated rings. The molecular formula is C11H15ClN2O4S. The van der Waals surface area contributed by atoms with Crippen molar-refractivity contribution in [2.24, 2.45) is 5.41 Å². The second-order valence-corrected chi connectivity index (χ2v) is 7.09. The van der Waals surface area contributed by atoms with E-state index in [0.29, 0.717) is 0 Å². The normalized spacial score (nSPS) is 14.1. The van der Waals surface area contributed by atoms with E-state index in [2.05, 4.69) is 9.71 Å². The van der Waals surface area contributed by atoms with E-state index in [1.807, 2.05) is 0 Å². The summed E-state index contributed by atoms with van der Waals surface area (Å²) < 4.78 is 26.4. The van der Waals surface area contributed by atoms with Gasteiger partial charge in [0, 0.05) is 6.20 Å². The summed E-state index contributed by atoms with van der Waals surface area (Å²) in [6.45, 7) is 4.87. The number of carboxylic acids is 1. The molecule has 1 aromatic heterocycles. The number of rotatable bonds is 4. The molecule has 0 aliphatic heterocycles. The lowest BCUT2D eigenvalue weighted by Gasteiger charge is -2.27. The number of hydrogen-bond acceptors (Lipinski definition) is 4. The summed E-state index contributed by atoms with van der Waals surface area (Å²) in [5.41, 5.74) is -0.784. The van der Waals surface area contributed by atoms with Crippen LogP contribution in [0.1, 0.15) is 20.8 Å². The molecule has 1 aromatic rings. The molecule has 0 spiro atoms. The van der Waals surface area contributed by atoms with Crippen molar-refractivity contribution in [3.8, 4) is 0 Å². The van der Waals surface area contributed by atoms with E-state index < -0.39 is 27.4 Å². The van der Waals surface area contributed by atoms with Gasteiger partial charge >= 0.3 is 5.97 Å². The molecule has 0 saturated heterocycles. The molecule has 6 nitrogen and oxygen atoms in total. The van der Waals surface area contributed by atoms with E-state index in [-0.39, 0.29) is 10.0 Å². The molecule has 0 saturated carbocycles. The van der Waals surface area contributed by atoms with Gasteiger partial charge in [0.2, 0.25) is 10.0 Å². The first-order valence-corrected chi connectivity index (χ1v) is 7.27. The van der Waals surface area contributed by atoms with Crippen molar-refractivity contribution in [3.05, 3.63) is 23.5 Å². The molecule has 106 valence electrons. The fourth-order valence-corrected chi connectivity index (χ4v) is 3.24. The monoisotopic (exact) mass is 306 g/mol. The Morgan fingerprint density at radius 1 is 1.47 bits per heavy atom. The zero-order valence-corrected chi connectivity index (χ0v) is 12.3. The maximum absolute atomic E-state index is 12.1. The molecule has 0 radical (unpaired) electrons. The van der Waals surface area contributed by atoms with Gasteiger partial charge in [0.15, 0.2) is 0 Å². The highest BCUT2D eigenvalue weighted by atomic mass is 35.5. The quantitative estimate of drug-likeness (QED) is 0.822. The number of nitrogens with zero attached hydrogens (tertiary/aromatic N) is 1. The van der Waals surface area contributed by atoms with Crippen molar-refractivity contribution < 1.29 is 18.3 Å². The number of halogens is 1. The van der Waals surface area contributed by atoms with Gasteiger partial charge in [-0.05, 0) is 17.5 Å². The highest BCUT2D eigenvalue weighted by Gasteiger charge is 2.35. The van der Waals surface area contributed by atoms with E-state index in [4.69, 9.17) is 16.7 Å². The molecule has 0 aliphatic rings. The molecule has 1 heterocycles. The number of pyridine rings is 1. The molecule has 1 unspecified atom stereocenters. The van der Waals surface area contributed by atoms with Crippen molar-refractivity contribution in [2.75, 3.05) is 0 Å². The first-order chi connectivity index (χ1) is 8.55. The Labute approximate surface area is 116 Å². The lowest BCUT2D eigenvalue weighted by Crippen LogP contribution is -2.49. The lowest BCUT2D eigenvalue weighted by atomic mass is 9.88. The number of nitrogens with one attached hydrogen (secondary N) is 1. The summed E-state index contributed by atoms with van der Waals surface area (Å²) in [7, 11) is -4.04. The molecule has 0 aromatic carbocycles. The molecule has 0 bridgehead atoms. The lowest BCUT2D eigenvalue weighted by molar-refractivity contribution is -0.141. The van der Waals surface area contributed by atoms with E-state index in [1.165, 1.54) is 18.3 Å². The van der Waals surface area contributed by atoms with Gasteiger partial charge in [-0.25, -0.2) is 13.4 Å². The highest BCUT2D eigenvalue weighted by molar-refractivity contribution is 7.89. The second-order valence-electron chi connectivity index (χ2n) is 5.05. The fraction of sp³-hybridized carbons (Fsp3) is 0.455. The van der Waals surface area contributed by atoms with Gasteiger partial charge in [0.05, 0.1) is 0 Å². The first-order valence-electron chi connectivity index (χ1n) is 5.41. The molecule has 19 heavy (non-hydrogen) atoms. The van der Waals surface area contributed by atoms with Gasteiger partial charge in [0.25, 0.3) is 0 Å². The minimum atomic E-state index is -4.04.